The first-order valence-electron chi connectivity index (χ1n) is 8.38. The minimum absolute atomic E-state index is 0. The van der Waals surface area contributed by atoms with E-state index in [0.717, 1.165) is 16.4 Å². The normalized spacial score (nSPS) is 12.7. The van der Waals surface area contributed by atoms with E-state index in [2.05, 4.69) is 47.4 Å². The van der Waals surface area contributed by atoms with Gasteiger partial charge in [-0.2, -0.15) is 21.5 Å². The maximum atomic E-state index is 12.7. The zero-order chi connectivity index (χ0) is 20.8. The van der Waals surface area contributed by atoms with Crippen LogP contribution in [0.3, 0.4) is 0 Å². The molecule has 33 heavy (non-hydrogen) atoms. The number of rotatable bonds is 12. The van der Waals surface area contributed by atoms with Crippen molar-refractivity contribution < 1.29 is 82.0 Å². The van der Waals surface area contributed by atoms with Gasteiger partial charge in [-0.25, -0.2) is 4.21 Å². The molecule has 0 aliphatic carbocycles. The van der Waals surface area contributed by atoms with Crippen molar-refractivity contribution >= 4 is 36.4 Å². The van der Waals surface area contributed by atoms with E-state index in [4.69, 9.17) is 0 Å². The SMILES string of the molecule is C[Si](C)(C)CCCN(CCC[Si](C)(C)C)S(=O)(=O)N=S(=O)(OF)C(F)F.O.O.O.O.O.O.[Li+]. The van der Waals surface area contributed by atoms with E-state index in [0.29, 0.717) is 12.8 Å². The second-order valence-corrected chi connectivity index (χ2v) is 23.4. The molecule has 0 saturated heterocycles. The van der Waals surface area contributed by atoms with Crippen LogP contribution >= 0.6 is 0 Å². The van der Waals surface area contributed by atoms with Crippen LogP contribution in [0.4, 0.5) is 13.3 Å². The predicted molar refractivity (Wildman–Crippen MR) is 126 cm³/mol. The summed E-state index contributed by atoms with van der Waals surface area (Å²) in [5.74, 6) is -3.87. The van der Waals surface area contributed by atoms with Gasteiger partial charge in [0.05, 0.1) is 0 Å². The van der Waals surface area contributed by atoms with Crippen molar-refractivity contribution in [2.24, 2.45) is 3.77 Å². The van der Waals surface area contributed by atoms with Crippen LogP contribution < -0.4 is 18.9 Å². The summed E-state index contributed by atoms with van der Waals surface area (Å²) in [5.41, 5.74) is 0. The third-order valence-corrected chi connectivity index (χ3v) is 10.4. The third-order valence-electron chi connectivity index (χ3n) is 3.51. The molecule has 0 aliphatic heterocycles. The second kappa shape index (κ2) is 21.7. The van der Waals surface area contributed by atoms with Crippen LogP contribution in [0.1, 0.15) is 12.8 Å². The van der Waals surface area contributed by atoms with Crippen molar-refractivity contribution in [1.82, 2.24) is 4.31 Å². The van der Waals surface area contributed by atoms with E-state index in [1.807, 2.05) is 0 Å². The Morgan fingerprint density at radius 1 is 0.788 bits per heavy atom. The number of alkyl halides is 2. The smallest absolute Gasteiger partial charge is 0.412 e. The maximum Gasteiger partial charge on any atom is 1.00 e. The Balaban J connectivity index is -0.000000149. The zero-order valence-electron chi connectivity index (χ0n) is 20.3. The maximum absolute atomic E-state index is 12.7. The summed E-state index contributed by atoms with van der Waals surface area (Å²) in [6.07, 6.45) is 1.06. The molecule has 0 aromatic carbocycles. The minimum atomic E-state index is -5.24. The Morgan fingerprint density at radius 3 is 1.30 bits per heavy atom. The Bertz CT molecular complexity index is 654. The summed E-state index contributed by atoms with van der Waals surface area (Å²) < 4.78 is 80.1. The number of hydrogen-bond donors (Lipinski definition) is 0. The summed E-state index contributed by atoms with van der Waals surface area (Å²) in [5, 5.41) is 0. The topological polar surface area (TPSA) is 265 Å². The molecule has 1 atom stereocenters. The Hall–Kier alpha value is 0.401. The van der Waals surface area contributed by atoms with Gasteiger partial charge in [0.2, 0.25) is 0 Å². The van der Waals surface area contributed by atoms with Crippen molar-refractivity contribution in [3.63, 3.8) is 0 Å². The van der Waals surface area contributed by atoms with E-state index in [9.17, 15) is 25.9 Å². The van der Waals surface area contributed by atoms with E-state index in [-0.39, 0.29) is 64.8 Å². The molecule has 0 aliphatic rings. The Labute approximate surface area is 209 Å². The number of nitrogens with zero attached hydrogens (tertiary/aromatic N) is 2. The predicted octanol–water partition coefficient (Wildman–Crippen LogP) is -3.45. The van der Waals surface area contributed by atoms with E-state index in [1.165, 1.54) is 0 Å². The van der Waals surface area contributed by atoms with Gasteiger partial charge in [0.1, 0.15) is 0 Å². The molecule has 0 aromatic heterocycles. The van der Waals surface area contributed by atoms with Crippen LogP contribution in [0.5, 0.6) is 0 Å². The average molecular weight is 572 g/mol. The van der Waals surface area contributed by atoms with Crippen molar-refractivity contribution in [3.8, 4) is 0 Å². The second-order valence-electron chi connectivity index (χ2n) is 8.62. The zero-order valence-corrected chi connectivity index (χ0v) is 23.9. The quantitative estimate of drug-likeness (QED) is 0.216. The Kier molecular flexibility index (Phi) is 35.7. The van der Waals surface area contributed by atoms with Crippen LogP contribution in [0.25, 0.3) is 0 Å². The minimum Gasteiger partial charge on any atom is -0.412 e. The largest absolute Gasteiger partial charge is 1.00 e. The molecule has 0 bridgehead atoms. The fraction of sp³-hybridized carbons (Fsp3) is 1.00. The van der Waals surface area contributed by atoms with Gasteiger partial charge >= 0.3 is 34.8 Å². The summed E-state index contributed by atoms with van der Waals surface area (Å²) in [6, 6.07) is 1.66. The van der Waals surface area contributed by atoms with Gasteiger partial charge in [0.25, 0.3) is 10.0 Å². The van der Waals surface area contributed by atoms with E-state index >= 15 is 0 Å². The summed E-state index contributed by atoms with van der Waals surface area (Å²) >= 11 is 0. The molecule has 20 heteroatoms. The molecule has 206 valence electrons. The molecule has 1 unspecified atom stereocenters. The van der Waals surface area contributed by atoms with Crippen LogP contribution in [0, 0.1) is 0 Å². The molecule has 12 N–H and O–H groups in total. The first kappa shape index (κ1) is 54.3. The van der Waals surface area contributed by atoms with Gasteiger partial charge in [-0.05, 0) is 17.4 Å². The van der Waals surface area contributed by atoms with Crippen LogP contribution in [0.2, 0.25) is 51.4 Å². The van der Waals surface area contributed by atoms with Gasteiger partial charge in [-0.1, -0.05) is 59.5 Å². The molecule has 0 spiro atoms. The van der Waals surface area contributed by atoms with Gasteiger partial charge < -0.3 is 32.9 Å². The molecule has 0 aromatic rings. The molecule has 0 rings (SSSR count). The molecular formula is C13H43F3LiN2O10S2Si2+. The molecule has 0 fully saturated rings. The standard InChI is InChI=1S/C13H31F3N2O4S2Si2.Li.6H2O/c1-25(2,3)11-7-9-18(10-8-12-26(4,5)6)24(20,21)17-23(19,22-16)13(14)15;;;;;;;/h13H,7-12H2,1-6H3;;6*1H2/q;+1;;;;;;. The monoisotopic (exact) mass is 571 g/mol. The van der Waals surface area contributed by atoms with Crippen LogP contribution in [0.15, 0.2) is 3.77 Å². The third kappa shape index (κ3) is 23.9. The van der Waals surface area contributed by atoms with Crippen molar-refractivity contribution in [2.45, 2.75) is 70.0 Å². The van der Waals surface area contributed by atoms with Gasteiger partial charge in [-0.3, -0.25) is 0 Å². The molecule has 0 radical (unpaired) electrons. The number of hydrogen-bond acceptors (Lipinski definition) is 4. The summed E-state index contributed by atoms with van der Waals surface area (Å²) in [6.45, 7) is 12.9. The summed E-state index contributed by atoms with van der Waals surface area (Å²) in [7, 11) is -12.8. The van der Waals surface area contributed by atoms with E-state index in [1.54, 1.807) is 0 Å². The molecule has 0 heterocycles. The van der Waals surface area contributed by atoms with Crippen LogP contribution in [-0.2, 0) is 24.6 Å². The van der Waals surface area contributed by atoms with Crippen LogP contribution in [-0.4, -0.2) is 84.8 Å². The van der Waals surface area contributed by atoms with Crippen molar-refractivity contribution in [3.05, 3.63) is 0 Å². The molecular weight excluding hydrogens is 528 g/mol. The average Bonchev–Trinajstić information content (AvgIpc) is 2.42. The first-order chi connectivity index (χ1) is 11.5. The Morgan fingerprint density at radius 2 is 1.09 bits per heavy atom. The first-order valence-corrected chi connectivity index (χ1v) is 18.7. The fourth-order valence-corrected chi connectivity index (χ4v) is 7.16. The fourth-order valence-electron chi connectivity index (χ4n) is 2.16. The summed E-state index contributed by atoms with van der Waals surface area (Å²) in [4.78, 5) is 0. The van der Waals surface area contributed by atoms with Gasteiger partial charge in [0, 0.05) is 29.2 Å². The number of halogens is 3. The molecule has 0 amide bonds. The van der Waals surface area contributed by atoms with Gasteiger partial charge in [-0.15, -0.1) is 0 Å². The van der Waals surface area contributed by atoms with Crippen molar-refractivity contribution in [2.75, 3.05) is 13.1 Å². The molecule has 0 saturated carbocycles. The van der Waals surface area contributed by atoms with E-state index < -0.39 is 42.1 Å². The van der Waals surface area contributed by atoms with Crippen molar-refractivity contribution in [1.29, 1.82) is 0 Å². The van der Waals surface area contributed by atoms with Gasteiger partial charge in [0.15, 0.2) is 0 Å². The molecule has 12 nitrogen and oxygen atoms in total.